The third-order valence-electron chi connectivity index (χ3n) is 4.23. The molecule has 0 radical (unpaired) electrons. The van der Waals surface area contributed by atoms with E-state index in [1.165, 1.54) is 0 Å². The van der Waals surface area contributed by atoms with Gasteiger partial charge in [-0.25, -0.2) is 0 Å². The standard InChI is InChI=1S/C21H20O5/c22-13-14-26-21(15-1-7-18(23)8-2-15,16-3-9-19(24)10-4-16)17-5-11-20(25)12-6-17/h1-12,22-25H,13-14H2. The van der Waals surface area contributed by atoms with E-state index in [0.717, 1.165) is 16.7 Å². The van der Waals surface area contributed by atoms with Crippen LogP contribution in [0.1, 0.15) is 16.7 Å². The van der Waals surface area contributed by atoms with E-state index in [1.807, 2.05) is 0 Å². The van der Waals surface area contributed by atoms with Crippen LogP contribution < -0.4 is 0 Å². The molecule has 5 nitrogen and oxygen atoms in total. The molecule has 0 atom stereocenters. The first kappa shape index (κ1) is 17.8. The van der Waals surface area contributed by atoms with Gasteiger partial charge in [0.25, 0.3) is 0 Å². The number of phenolic OH excluding ortho intramolecular Hbond substituents is 3. The van der Waals surface area contributed by atoms with Crippen LogP contribution in [0.3, 0.4) is 0 Å². The second-order valence-electron chi connectivity index (χ2n) is 5.89. The average Bonchev–Trinajstić information content (AvgIpc) is 2.66. The number of ether oxygens (including phenoxy) is 1. The van der Waals surface area contributed by atoms with E-state index in [9.17, 15) is 20.4 Å². The molecule has 0 aliphatic carbocycles. The Labute approximate surface area is 151 Å². The van der Waals surface area contributed by atoms with Gasteiger partial charge in [-0.15, -0.1) is 0 Å². The van der Waals surface area contributed by atoms with E-state index in [-0.39, 0.29) is 30.5 Å². The monoisotopic (exact) mass is 352 g/mol. The second-order valence-corrected chi connectivity index (χ2v) is 5.89. The van der Waals surface area contributed by atoms with Crippen molar-refractivity contribution < 1.29 is 25.2 Å². The predicted octanol–water partition coefficient (Wildman–Crippen LogP) is 3.10. The van der Waals surface area contributed by atoms with Crippen LogP contribution in [-0.2, 0) is 10.3 Å². The summed E-state index contributed by atoms with van der Waals surface area (Å²) in [6.07, 6.45) is 0. The molecule has 26 heavy (non-hydrogen) atoms. The van der Waals surface area contributed by atoms with Crippen molar-refractivity contribution in [2.45, 2.75) is 5.60 Å². The van der Waals surface area contributed by atoms with Gasteiger partial charge in [0, 0.05) is 0 Å². The van der Waals surface area contributed by atoms with Gasteiger partial charge in [-0.1, -0.05) is 36.4 Å². The zero-order chi connectivity index (χ0) is 18.6. The fraction of sp³-hybridized carbons (Fsp3) is 0.143. The Morgan fingerprint density at radius 1 is 0.577 bits per heavy atom. The summed E-state index contributed by atoms with van der Waals surface area (Å²) in [7, 11) is 0. The number of aromatic hydroxyl groups is 3. The summed E-state index contributed by atoms with van der Waals surface area (Å²) in [5.74, 6) is 0.378. The Balaban J connectivity index is 2.27. The van der Waals surface area contributed by atoms with Gasteiger partial charge in [0.1, 0.15) is 22.8 Å². The van der Waals surface area contributed by atoms with Crippen LogP contribution >= 0.6 is 0 Å². The van der Waals surface area contributed by atoms with Crippen molar-refractivity contribution >= 4 is 0 Å². The molecule has 0 unspecified atom stereocenters. The summed E-state index contributed by atoms with van der Waals surface area (Å²) in [6.45, 7) is -0.0986. The van der Waals surface area contributed by atoms with Gasteiger partial charge in [0.2, 0.25) is 0 Å². The molecule has 4 N–H and O–H groups in total. The maximum atomic E-state index is 9.67. The van der Waals surface area contributed by atoms with Crippen molar-refractivity contribution in [3.05, 3.63) is 89.5 Å². The van der Waals surface area contributed by atoms with E-state index >= 15 is 0 Å². The lowest BCUT2D eigenvalue weighted by atomic mass is 9.80. The first-order valence-electron chi connectivity index (χ1n) is 8.19. The maximum Gasteiger partial charge on any atom is 0.143 e. The van der Waals surface area contributed by atoms with E-state index in [0.29, 0.717) is 0 Å². The van der Waals surface area contributed by atoms with Crippen molar-refractivity contribution in [2.75, 3.05) is 13.2 Å². The van der Waals surface area contributed by atoms with E-state index in [2.05, 4.69) is 0 Å². The summed E-state index contributed by atoms with van der Waals surface area (Å²) in [5, 5.41) is 38.4. The van der Waals surface area contributed by atoms with Crippen molar-refractivity contribution in [2.24, 2.45) is 0 Å². The van der Waals surface area contributed by atoms with Crippen molar-refractivity contribution in [1.82, 2.24) is 0 Å². The molecule has 0 aliphatic rings. The van der Waals surface area contributed by atoms with Crippen LogP contribution in [0.4, 0.5) is 0 Å². The highest BCUT2D eigenvalue weighted by molar-refractivity contribution is 5.50. The fourth-order valence-electron chi connectivity index (χ4n) is 3.04. The summed E-state index contributed by atoms with van der Waals surface area (Å²) < 4.78 is 6.16. The highest BCUT2D eigenvalue weighted by Crippen LogP contribution is 2.41. The quantitative estimate of drug-likeness (QED) is 0.512. The lowest BCUT2D eigenvalue weighted by molar-refractivity contribution is -0.00650. The van der Waals surface area contributed by atoms with Crippen LogP contribution in [0, 0.1) is 0 Å². The maximum absolute atomic E-state index is 9.67. The minimum absolute atomic E-state index is 0.0721. The molecule has 5 heteroatoms. The van der Waals surface area contributed by atoms with Crippen LogP contribution in [0.2, 0.25) is 0 Å². The molecule has 0 aromatic heterocycles. The molecule has 3 aromatic rings. The lowest BCUT2D eigenvalue weighted by Gasteiger charge is -2.35. The number of rotatable bonds is 6. The van der Waals surface area contributed by atoms with Gasteiger partial charge in [0.15, 0.2) is 0 Å². The summed E-state index contributed by atoms with van der Waals surface area (Å²) in [5.41, 5.74) is 1.12. The third kappa shape index (κ3) is 3.35. The molecule has 0 spiro atoms. The van der Waals surface area contributed by atoms with Gasteiger partial charge in [-0.2, -0.15) is 0 Å². The Hall–Kier alpha value is -3.02. The first-order chi connectivity index (χ1) is 12.6. The Morgan fingerprint density at radius 3 is 1.15 bits per heavy atom. The van der Waals surface area contributed by atoms with E-state index in [1.54, 1.807) is 72.8 Å². The molecule has 134 valence electrons. The van der Waals surface area contributed by atoms with Gasteiger partial charge in [0.05, 0.1) is 13.2 Å². The summed E-state index contributed by atoms with van der Waals surface area (Å²) in [6, 6.07) is 19.8. The number of benzene rings is 3. The van der Waals surface area contributed by atoms with Gasteiger partial charge < -0.3 is 25.2 Å². The fourth-order valence-corrected chi connectivity index (χ4v) is 3.04. The molecule has 0 amide bonds. The largest absolute Gasteiger partial charge is 0.508 e. The number of phenols is 3. The molecule has 0 aliphatic heterocycles. The Morgan fingerprint density at radius 2 is 0.885 bits per heavy atom. The number of hydrogen-bond donors (Lipinski definition) is 4. The molecule has 0 bridgehead atoms. The van der Waals surface area contributed by atoms with Gasteiger partial charge in [-0.3, -0.25) is 0 Å². The molecule has 0 fully saturated rings. The zero-order valence-corrected chi connectivity index (χ0v) is 14.0. The summed E-state index contributed by atoms with van der Waals surface area (Å²) in [4.78, 5) is 0. The Kier molecular flexibility index (Phi) is 5.11. The molecular weight excluding hydrogens is 332 g/mol. The highest BCUT2D eigenvalue weighted by atomic mass is 16.5. The zero-order valence-electron chi connectivity index (χ0n) is 14.0. The van der Waals surface area contributed by atoms with Crippen LogP contribution in [-0.4, -0.2) is 33.6 Å². The number of aliphatic hydroxyl groups is 1. The predicted molar refractivity (Wildman–Crippen MR) is 97.2 cm³/mol. The Bertz CT molecular complexity index is 728. The van der Waals surface area contributed by atoms with Crippen molar-refractivity contribution in [3.8, 4) is 17.2 Å². The molecule has 3 aromatic carbocycles. The normalized spacial score (nSPS) is 11.4. The number of aliphatic hydroxyl groups excluding tert-OH is 1. The minimum atomic E-state index is -1.09. The molecule has 3 rings (SSSR count). The SMILES string of the molecule is OCCOC(c1ccc(O)cc1)(c1ccc(O)cc1)c1ccc(O)cc1. The topological polar surface area (TPSA) is 90.2 Å². The summed E-state index contributed by atoms with van der Waals surface area (Å²) >= 11 is 0. The smallest absolute Gasteiger partial charge is 0.143 e. The lowest BCUT2D eigenvalue weighted by Crippen LogP contribution is -2.34. The molecule has 0 saturated carbocycles. The van der Waals surface area contributed by atoms with Crippen LogP contribution in [0.5, 0.6) is 17.2 Å². The van der Waals surface area contributed by atoms with E-state index < -0.39 is 5.60 Å². The van der Waals surface area contributed by atoms with Gasteiger partial charge >= 0.3 is 0 Å². The molecule has 0 heterocycles. The number of hydrogen-bond acceptors (Lipinski definition) is 5. The van der Waals surface area contributed by atoms with E-state index in [4.69, 9.17) is 4.74 Å². The molecular formula is C21H20O5. The minimum Gasteiger partial charge on any atom is -0.508 e. The third-order valence-corrected chi connectivity index (χ3v) is 4.23. The van der Waals surface area contributed by atoms with Crippen LogP contribution in [0.25, 0.3) is 0 Å². The van der Waals surface area contributed by atoms with Crippen LogP contribution in [0.15, 0.2) is 72.8 Å². The van der Waals surface area contributed by atoms with Gasteiger partial charge in [-0.05, 0) is 53.1 Å². The van der Waals surface area contributed by atoms with Crippen molar-refractivity contribution in [1.29, 1.82) is 0 Å². The first-order valence-corrected chi connectivity index (χ1v) is 8.19. The highest BCUT2D eigenvalue weighted by Gasteiger charge is 2.37. The average molecular weight is 352 g/mol. The molecule has 0 saturated heterocycles. The second kappa shape index (κ2) is 7.47. The van der Waals surface area contributed by atoms with Crippen molar-refractivity contribution in [3.63, 3.8) is 0 Å².